The normalized spacial score (nSPS) is 17.9. The molecule has 0 fully saturated rings. The molecule has 0 spiro atoms. The van der Waals surface area contributed by atoms with Crippen molar-refractivity contribution in [2.75, 3.05) is 0 Å². The first kappa shape index (κ1) is 21.1. The molecule has 0 unspecified atom stereocenters. The Bertz CT molecular complexity index is 1240. The van der Waals surface area contributed by atoms with Gasteiger partial charge in [0.15, 0.2) is 5.84 Å². The summed E-state index contributed by atoms with van der Waals surface area (Å²) in [4.78, 5) is 16.2. The maximum Gasteiger partial charge on any atom is 0.441 e. The zero-order chi connectivity index (χ0) is 22.7. The van der Waals surface area contributed by atoms with E-state index < -0.39 is 23.0 Å². The first-order valence-electron chi connectivity index (χ1n) is 9.31. The number of alkyl halides is 3. The lowest BCUT2D eigenvalue weighted by molar-refractivity contribution is -0.114. The van der Waals surface area contributed by atoms with Crippen LogP contribution in [0.4, 0.5) is 13.2 Å². The second kappa shape index (κ2) is 7.23. The van der Waals surface area contributed by atoms with Gasteiger partial charge in [-0.25, -0.2) is 0 Å². The number of hydrogen-bond donors (Lipinski definition) is 1. The molecule has 1 aromatic heterocycles. The lowest BCUT2D eigenvalue weighted by Gasteiger charge is -2.20. The second-order valence-corrected chi connectivity index (χ2v) is 8.33. The van der Waals surface area contributed by atoms with Crippen molar-refractivity contribution < 1.29 is 18.0 Å². The van der Waals surface area contributed by atoms with E-state index in [-0.39, 0.29) is 22.5 Å². The van der Waals surface area contributed by atoms with Crippen molar-refractivity contribution in [3.05, 3.63) is 57.9 Å². The standard InChI is InChI=1S/C21H18F3N5OS/c1-10-5-6-11(2)16(7-10)28-12(3)8-14(13(28)4)9-15-17(25)29-20(26-18(15)30)31-19(27-29)21(22,23)24/h5-9,25H,1-4H3/b15-9-,25-17?. The topological polar surface area (TPSA) is 73.8 Å². The number of amides is 1. The van der Waals surface area contributed by atoms with Crippen LogP contribution in [0.2, 0.25) is 0 Å². The molecule has 0 bridgehead atoms. The fourth-order valence-electron chi connectivity index (χ4n) is 3.53. The molecule has 3 heterocycles. The summed E-state index contributed by atoms with van der Waals surface area (Å²) < 4.78 is 41.0. The predicted molar refractivity (Wildman–Crippen MR) is 116 cm³/mol. The van der Waals surface area contributed by atoms with Crippen LogP contribution in [-0.2, 0) is 4.79 Å². The summed E-state index contributed by atoms with van der Waals surface area (Å²) in [6.45, 7) is 7.82. The molecule has 1 N–H and O–H groups in total. The maximum atomic E-state index is 13.0. The van der Waals surface area contributed by atoms with E-state index in [4.69, 9.17) is 5.41 Å². The Morgan fingerprint density at radius 3 is 2.52 bits per heavy atom. The molecular weight excluding hydrogens is 427 g/mol. The summed E-state index contributed by atoms with van der Waals surface area (Å²) in [5.41, 5.74) is 5.50. The Morgan fingerprint density at radius 1 is 1.13 bits per heavy atom. The Morgan fingerprint density at radius 2 is 1.84 bits per heavy atom. The molecule has 6 nitrogen and oxygen atoms in total. The van der Waals surface area contributed by atoms with E-state index in [2.05, 4.69) is 16.2 Å². The summed E-state index contributed by atoms with van der Waals surface area (Å²) in [6, 6.07) is 7.98. The number of fused-ring (bicyclic) bond motifs is 1. The molecular formula is C21H18F3N5OS. The average molecular weight is 445 g/mol. The number of benzene rings is 1. The third kappa shape index (κ3) is 3.60. The Labute approximate surface area is 180 Å². The summed E-state index contributed by atoms with van der Waals surface area (Å²) >= 11 is 0.235. The van der Waals surface area contributed by atoms with Gasteiger partial charge in [-0.2, -0.15) is 28.3 Å². The van der Waals surface area contributed by atoms with E-state index in [1.54, 1.807) is 0 Å². The highest BCUT2D eigenvalue weighted by Crippen LogP contribution is 2.35. The number of hydrazone groups is 1. The minimum Gasteiger partial charge on any atom is -0.318 e. The second-order valence-electron chi connectivity index (χ2n) is 7.37. The number of thioether (sulfide) groups is 1. The largest absolute Gasteiger partial charge is 0.441 e. The van der Waals surface area contributed by atoms with E-state index in [0.717, 1.165) is 33.2 Å². The molecule has 0 saturated heterocycles. The molecule has 0 atom stereocenters. The van der Waals surface area contributed by atoms with Crippen molar-refractivity contribution in [2.45, 2.75) is 33.9 Å². The number of halogens is 3. The quantitative estimate of drug-likeness (QED) is 0.669. The van der Waals surface area contributed by atoms with Crippen LogP contribution in [0.15, 0.2) is 39.9 Å². The number of carbonyl (C=O) groups is 1. The van der Waals surface area contributed by atoms with Crippen LogP contribution in [-0.4, -0.2) is 37.7 Å². The van der Waals surface area contributed by atoms with Crippen LogP contribution in [0, 0.1) is 33.1 Å². The lowest BCUT2D eigenvalue weighted by Crippen LogP contribution is -2.35. The minimum atomic E-state index is -4.67. The number of hydrogen-bond acceptors (Lipinski definition) is 4. The van der Waals surface area contributed by atoms with E-state index >= 15 is 0 Å². The Hall–Kier alpha value is -3.14. The van der Waals surface area contributed by atoms with Crippen LogP contribution in [0.25, 0.3) is 11.8 Å². The number of nitrogens with one attached hydrogen (secondary N) is 1. The van der Waals surface area contributed by atoms with E-state index in [0.29, 0.717) is 5.56 Å². The molecule has 0 saturated carbocycles. The van der Waals surface area contributed by atoms with Crippen LogP contribution in [0.1, 0.15) is 28.1 Å². The third-order valence-electron chi connectivity index (χ3n) is 5.07. The first-order valence-corrected chi connectivity index (χ1v) is 10.1. The number of carbonyl (C=O) groups excluding carboxylic acids is 1. The smallest absolute Gasteiger partial charge is 0.318 e. The molecule has 10 heteroatoms. The highest BCUT2D eigenvalue weighted by Gasteiger charge is 2.46. The number of amidine groups is 2. The number of aromatic nitrogens is 1. The first-order chi connectivity index (χ1) is 14.5. The lowest BCUT2D eigenvalue weighted by atomic mass is 10.1. The summed E-state index contributed by atoms with van der Waals surface area (Å²) in [5.74, 6) is -1.20. The van der Waals surface area contributed by atoms with E-state index in [1.807, 2.05) is 50.5 Å². The van der Waals surface area contributed by atoms with Crippen LogP contribution in [0.5, 0.6) is 0 Å². The summed E-state index contributed by atoms with van der Waals surface area (Å²) in [6.07, 6.45) is -3.19. The zero-order valence-corrected chi connectivity index (χ0v) is 17.9. The highest BCUT2D eigenvalue weighted by atomic mass is 32.2. The van der Waals surface area contributed by atoms with Gasteiger partial charge in [-0.1, -0.05) is 12.1 Å². The highest BCUT2D eigenvalue weighted by molar-refractivity contribution is 8.27. The van der Waals surface area contributed by atoms with E-state index in [1.165, 1.54) is 6.08 Å². The molecule has 0 radical (unpaired) electrons. The molecule has 1 aromatic carbocycles. The van der Waals surface area contributed by atoms with Crippen LogP contribution >= 0.6 is 11.8 Å². The van der Waals surface area contributed by atoms with Gasteiger partial charge in [-0.15, -0.1) is 0 Å². The van der Waals surface area contributed by atoms with Crippen LogP contribution < -0.4 is 0 Å². The van der Waals surface area contributed by atoms with Gasteiger partial charge >= 0.3 is 6.18 Å². The summed E-state index contributed by atoms with van der Waals surface area (Å²) in [5, 5.41) is 11.0. The van der Waals surface area contributed by atoms with Gasteiger partial charge in [-0.05, 0) is 74.4 Å². The zero-order valence-electron chi connectivity index (χ0n) is 17.1. The fourth-order valence-corrected chi connectivity index (χ4v) is 4.29. The molecule has 1 amide bonds. The average Bonchev–Trinajstić information content (AvgIpc) is 3.22. The molecule has 2 aromatic rings. The van der Waals surface area contributed by atoms with Crippen molar-refractivity contribution >= 4 is 39.8 Å². The van der Waals surface area contributed by atoms with Gasteiger partial charge in [0.2, 0.25) is 10.2 Å². The van der Waals surface area contributed by atoms with Gasteiger partial charge in [-0.3, -0.25) is 10.2 Å². The van der Waals surface area contributed by atoms with Crippen molar-refractivity contribution in [1.82, 2.24) is 9.58 Å². The summed E-state index contributed by atoms with van der Waals surface area (Å²) in [7, 11) is 0. The molecule has 31 heavy (non-hydrogen) atoms. The number of aryl methyl sites for hydroxylation is 3. The van der Waals surface area contributed by atoms with Crippen molar-refractivity contribution in [3.8, 4) is 5.69 Å². The molecule has 2 aliphatic heterocycles. The molecule has 2 aliphatic rings. The van der Waals surface area contributed by atoms with Gasteiger partial charge in [0.05, 0.1) is 5.57 Å². The SMILES string of the molecule is Cc1ccc(C)c(-n2c(C)cc(/C=C3/C(=N)N4N=C(C(F)(F)F)SC4=NC3=O)c2C)c1. The van der Waals surface area contributed by atoms with E-state index in [9.17, 15) is 18.0 Å². The monoisotopic (exact) mass is 445 g/mol. The van der Waals surface area contributed by atoms with Crippen molar-refractivity contribution in [1.29, 1.82) is 5.41 Å². The van der Waals surface area contributed by atoms with Gasteiger partial charge in [0.1, 0.15) is 0 Å². The molecule has 4 rings (SSSR count). The minimum absolute atomic E-state index is 0.113. The fraction of sp³-hybridized carbons (Fsp3) is 0.238. The predicted octanol–water partition coefficient (Wildman–Crippen LogP) is 4.89. The van der Waals surface area contributed by atoms with Gasteiger partial charge in [0.25, 0.3) is 5.91 Å². The number of rotatable bonds is 2. The van der Waals surface area contributed by atoms with Crippen LogP contribution in [0.3, 0.4) is 0 Å². The third-order valence-corrected chi connectivity index (χ3v) is 6.03. The van der Waals surface area contributed by atoms with Gasteiger partial charge in [0, 0.05) is 17.1 Å². The van der Waals surface area contributed by atoms with Crippen molar-refractivity contribution in [3.63, 3.8) is 0 Å². The Kier molecular flexibility index (Phi) is 4.92. The molecule has 160 valence electrons. The van der Waals surface area contributed by atoms with Crippen molar-refractivity contribution in [2.24, 2.45) is 10.1 Å². The van der Waals surface area contributed by atoms with Gasteiger partial charge < -0.3 is 4.57 Å². The maximum absolute atomic E-state index is 13.0. The number of aliphatic imine (C=N–C) groups is 1. The Balaban J connectivity index is 1.77. The molecule has 0 aliphatic carbocycles. The number of nitrogens with zero attached hydrogens (tertiary/aromatic N) is 4.